The fraction of sp³-hybridized carbons (Fsp3) is 0.381. The standard InChI is InChI=1S/C21H27NO2/c1-16-9-10-19(14-17(16)2)11-12-21(23)22-13-5-7-18-6-4-8-20(15-18)24-3/h4,6,8-10,14-15H,5,7,11-13H2,1-3H3,(H,22,23). The molecular weight excluding hydrogens is 298 g/mol. The van der Waals surface area contributed by atoms with Crippen molar-refractivity contribution < 1.29 is 9.53 Å². The van der Waals surface area contributed by atoms with Crippen LogP contribution in [0.3, 0.4) is 0 Å². The van der Waals surface area contributed by atoms with Crippen LogP contribution in [0.2, 0.25) is 0 Å². The summed E-state index contributed by atoms with van der Waals surface area (Å²) in [7, 11) is 1.68. The van der Waals surface area contributed by atoms with E-state index >= 15 is 0 Å². The number of methoxy groups -OCH3 is 1. The molecular formula is C21H27NO2. The van der Waals surface area contributed by atoms with Gasteiger partial charge >= 0.3 is 0 Å². The Bertz CT molecular complexity index is 679. The first kappa shape index (κ1) is 18.1. The predicted octanol–water partition coefficient (Wildman–Crippen LogP) is 3.99. The molecule has 0 bridgehead atoms. The van der Waals surface area contributed by atoms with E-state index in [0.29, 0.717) is 13.0 Å². The van der Waals surface area contributed by atoms with Gasteiger partial charge in [-0.25, -0.2) is 0 Å². The lowest BCUT2D eigenvalue weighted by Gasteiger charge is -2.08. The summed E-state index contributed by atoms with van der Waals surface area (Å²) in [5, 5.41) is 3.01. The van der Waals surface area contributed by atoms with Gasteiger partial charge in [0.2, 0.25) is 5.91 Å². The largest absolute Gasteiger partial charge is 0.497 e. The summed E-state index contributed by atoms with van der Waals surface area (Å²) in [5.74, 6) is 1.00. The van der Waals surface area contributed by atoms with Gasteiger partial charge in [0.25, 0.3) is 0 Å². The molecule has 0 spiro atoms. The highest BCUT2D eigenvalue weighted by Gasteiger charge is 2.03. The third-order valence-electron chi connectivity index (χ3n) is 4.31. The van der Waals surface area contributed by atoms with E-state index in [1.807, 2.05) is 18.2 Å². The number of amides is 1. The van der Waals surface area contributed by atoms with Crippen molar-refractivity contribution in [3.63, 3.8) is 0 Å². The van der Waals surface area contributed by atoms with E-state index in [1.54, 1.807) is 7.11 Å². The molecule has 0 fully saturated rings. The Balaban J connectivity index is 1.66. The van der Waals surface area contributed by atoms with Crippen LogP contribution in [-0.4, -0.2) is 19.6 Å². The Morgan fingerprint density at radius 3 is 2.54 bits per heavy atom. The Hall–Kier alpha value is -2.29. The Morgan fingerprint density at radius 2 is 1.79 bits per heavy atom. The van der Waals surface area contributed by atoms with Gasteiger partial charge < -0.3 is 10.1 Å². The van der Waals surface area contributed by atoms with Gasteiger partial charge in [-0.2, -0.15) is 0 Å². The normalized spacial score (nSPS) is 10.5. The number of aryl methyl sites for hydroxylation is 4. The predicted molar refractivity (Wildman–Crippen MR) is 98.6 cm³/mol. The number of rotatable bonds is 8. The smallest absolute Gasteiger partial charge is 0.220 e. The number of carbonyl (C=O) groups is 1. The third kappa shape index (κ3) is 5.73. The van der Waals surface area contributed by atoms with Crippen molar-refractivity contribution in [2.45, 2.75) is 39.5 Å². The summed E-state index contributed by atoms with van der Waals surface area (Å²) in [6, 6.07) is 14.5. The highest BCUT2D eigenvalue weighted by Crippen LogP contribution is 2.14. The zero-order valence-electron chi connectivity index (χ0n) is 14.9. The average molecular weight is 325 g/mol. The molecule has 1 amide bonds. The Kier molecular flexibility index (Phi) is 6.86. The molecule has 0 heterocycles. The van der Waals surface area contributed by atoms with E-state index in [1.165, 1.54) is 22.3 Å². The molecule has 0 aliphatic rings. The molecule has 2 aromatic rings. The summed E-state index contributed by atoms with van der Waals surface area (Å²) >= 11 is 0. The molecule has 0 unspecified atom stereocenters. The molecule has 3 nitrogen and oxygen atoms in total. The molecule has 0 saturated carbocycles. The summed E-state index contributed by atoms with van der Waals surface area (Å²) in [4.78, 5) is 11.9. The molecule has 0 aliphatic carbocycles. The van der Waals surface area contributed by atoms with E-state index in [0.717, 1.165) is 25.0 Å². The first-order valence-corrected chi connectivity index (χ1v) is 8.54. The number of ether oxygens (including phenoxy) is 1. The second-order valence-electron chi connectivity index (χ2n) is 6.22. The van der Waals surface area contributed by atoms with E-state index in [2.05, 4.69) is 43.4 Å². The zero-order chi connectivity index (χ0) is 17.4. The first-order chi connectivity index (χ1) is 11.6. The molecule has 128 valence electrons. The molecule has 0 atom stereocenters. The number of carbonyl (C=O) groups excluding carboxylic acids is 1. The highest BCUT2D eigenvalue weighted by molar-refractivity contribution is 5.76. The van der Waals surface area contributed by atoms with Crippen LogP contribution >= 0.6 is 0 Å². The lowest BCUT2D eigenvalue weighted by atomic mass is 10.0. The summed E-state index contributed by atoms with van der Waals surface area (Å²) in [6.07, 6.45) is 3.21. The Morgan fingerprint density at radius 1 is 1.00 bits per heavy atom. The van der Waals surface area contributed by atoms with Crippen molar-refractivity contribution in [3.05, 3.63) is 64.7 Å². The number of hydrogen-bond donors (Lipinski definition) is 1. The lowest BCUT2D eigenvalue weighted by molar-refractivity contribution is -0.121. The maximum absolute atomic E-state index is 11.9. The zero-order valence-corrected chi connectivity index (χ0v) is 14.9. The lowest BCUT2D eigenvalue weighted by Crippen LogP contribution is -2.25. The molecule has 0 aliphatic heterocycles. The fourth-order valence-electron chi connectivity index (χ4n) is 2.65. The van der Waals surface area contributed by atoms with Crippen LogP contribution in [0.5, 0.6) is 5.75 Å². The minimum atomic E-state index is 0.124. The van der Waals surface area contributed by atoms with Gasteiger partial charge in [-0.05, 0) is 67.5 Å². The van der Waals surface area contributed by atoms with Crippen molar-refractivity contribution in [2.24, 2.45) is 0 Å². The fourth-order valence-corrected chi connectivity index (χ4v) is 2.65. The van der Waals surface area contributed by atoms with Gasteiger partial charge in [0.05, 0.1) is 7.11 Å². The molecule has 2 aromatic carbocycles. The number of nitrogens with one attached hydrogen (secondary N) is 1. The quantitative estimate of drug-likeness (QED) is 0.745. The van der Waals surface area contributed by atoms with Crippen molar-refractivity contribution in [3.8, 4) is 5.75 Å². The van der Waals surface area contributed by atoms with Crippen LogP contribution in [0.15, 0.2) is 42.5 Å². The van der Waals surface area contributed by atoms with Crippen LogP contribution < -0.4 is 10.1 Å². The van der Waals surface area contributed by atoms with E-state index in [9.17, 15) is 4.79 Å². The second kappa shape index (κ2) is 9.11. The van der Waals surface area contributed by atoms with Crippen LogP contribution in [0.4, 0.5) is 0 Å². The monoisotopic (exact) mass is 325 g/mol. The van der Waals surface area contributed by atoms with Gasteiger partial charge in [-0.1, -0.05) is 30.3 Å². The molecule has 1 N–H and O–H groups in total. The van der Waals surface area contributed by atoms with Gasteiger partial charge in [-0.15, -0.1) is 0 Å². The number of benzene rings is 2. The van der Waals surface area contributed by atoms with Gasteiger partial charge in [0, 0.05) is 13.0 Å². The topological polar surface area (TPSA) is 38.3 Å². The van der Waals surface area contributed by atoms with Crippen LogP contribution in [-0.2, 0) is 17.6 Å². The first-order valence-electron chi connectivity index (χ1n) is 8.54. The number of hydrogen-bond acceptors (Lipinski definition) is 2. The van der Waals surface area contributed by atoms with E-state index < -0.39 is 0 Å². The minimum Gasteiger partial charge on any atom is -0.497 e. The Labute approximate surface area is 145 Å². The molecule has 0 saturated heterocycles. The highest BCUT2D eigenvalue weighted by atomic mass is 16.5. The summed E-state index contributed by atoms with van der Waals surface area (Å²) < 4.78 is 5.22. The average Bonchev–Trinajstić information content (AvgIpc) is 2.60. The molecule has 2 rings (SSSR count). The summed E-state index contributed by atoms with van der Waals surface area (Å²) in [6.45, 7) is 4.93. The van der Waals surface area contributed by atoms with Crippen LogP contribution in [0.25, 0.3) is 0 Å². The van der Waals surface area contributed by atoms with Crippen LogP contribution in [0.1, 0.15) is 35.1 Å². The van der Waals surface area contributed by atoms with Gasteiger partial charge in [-0.3, -0.25) is 4.79 Å². The van der Waals surface area contributed by atoms with E-state index in [-0.39, 0.29) is 5.91 Å². The minimum absolute atomic E-state index is 0.124. The molecule has 24 heavy (non-hydrogen) atoms. The van der Waals surface area contributed by atoms with Gasteiger partial charge in [0.1, 0.15) is 5.75 Å². The second-order valence-corrected chi connectivity index (χ2v) is 6.22. The maximum atomic E-state index is 11.9. The van der Waals surface area contributed by atoms with E-state index in [4.69, 9.17) is 4.74 Å². The third-order valence-corrected chi connectivity index (χ3v) is 4.31. The van der Waals surface area contributed by atoms with Crippen molar-refractivity contribution in [1.82, 2.24) is 5.32 Å². The van der Waals surface area contributed by atoms with Crippen molar-refractivity contribution in [1.29, 1.82) is 0 Å². The maximum Gasteiger partial charge on any atom is 0.220 e. The summed E-state index contributed by atoms with van der Waals surface area (Å²) in [5.41, 5.74) is 5.04. The van der Waals surface area contributed by atoms with Crippen molar-refractivity contribution >= 4 is 5.91 Å². The van der Waals surface area contributed by atoms with Crippen molar-refractivity contribution in [2.75, 3.05) is 13.7 Å². The SMILES string of the molecule is COc1cccc(CCCNC(=O)CCc2ccc(C)c(C)c2)c1. The van der Waals surface area contributed by atoms with Crippen LogP contribution in [0, 0.1) is 13.8 Å². The van der Waals surface area contributed by atoms with Gasteiger partial charge in [0.15, 0.2) is 0 Å². The molecule has 0 aromatic heterocycles. The molecule has 0 radical (unpaired) electrons. The molecule has 3 heteroatoms.